The van der Waals surface area contributed by atoms with Gasteiger partial charge in [-0.15, -0.1) is 0 Å². The molecule has 0 spiro atoms. The lowest BCUT2D eigenvalue weighted by Gasteiger charge is -2.42. The summed E-state index contributed by atoms with van der Waals surface area (Å²) in [6.07, 6.45) is 3.10. The van der Waals surface area contributed by atoms with Gasteiger partial charge in [0, 0.05) is 45.8 Å². The number of hydrogen-bond acceptors (Lipinski definition) is 4. The summed E-state index contributed by atoms with van der Waals surface area (Å²) in [7, 11) is 4.30. The zero-order chi connectivity index (χ0) is 14.3. The number of nitrogens with zero attached hydrogens (tertiary/aromatic N) is 3. The van der Waals surface area contributed by atoms with Crippen molar-refractivity contribution in [1.82, 2.24) is 14.7 Å². The van der Waals surface area contributed by atoms with Gasteiger partial charge in [0.15, 0.2) is 0 Å². The van der Waals surface area contributed by atoms with Crippen molar-refractivity contribution in [2.45, 2.75) is 38.7 Å². The Balaban J connectivity index is 0.000000550. The Labute approximate surface area is 119 Å². The fourth-order valence-corrected chi connectivity index (χ4v) is 2.62. The molecular weight excluding hydrogens is 238 g/mol. The molecule has 4 nitrogen and oxygen atoms in total. The molecule has 2 saturated heterocycles. The quantitative estimate of drug-likeness (QED) is 0.815. The normalized spacial score (nSPS) is 25.7. The number of likely N-dealkylation sites (N-methyl/N-ethyl adjacent to an activating group) is 1. The average molecular weight is 271 g/mol. The summed E-state index contributed by atoms with van der Waals surface area (Å²) in [4.78, 5) is 7.08. The van der Waals surface area contributed by atoms with Gasteiger partial charge in [0.05, 0.1) is 5.60 Å². The van der Waals surface area contributed by atoms with Crippen LogP contribution in [0.15, 0.2) is 0 Å². The van der Waals surface area contributed by atoms with Gasteiger partial charge in [-0.05, 0) is 26.9 Å². The van der Waals surface area contributed by atoms with E-state index in [1.807, 2.05) is 0 Å². The number of β-amino-alcohol motifs (C(OH)–C–C–N with tert-alkyl or cyclic N) is 1. The van der Waals surface area contributed by atoms with Gasteiger partial charge in [0.25, 0.3) is 0 Å². The highest BCUT2D eigenvalue weighted by Gasteiger charge is 2.33. The second-order valence-corrected chi connectivity index (χ2v) is 6.31. The first-order valence-corrected chi connectivity index (χ1v) is 7.81. The van der Waals surface area contributed by atoms with E-state index < -0.39 is 5.60 Å². The number of likely N-dealkylation sites (tertiary alicyclic amines) is 1. The molecule has 0 bridgehead atoms. The minimum atomic E-state index is -0.428. The second kappa shape index (κ2) is 8.20. The molecule has 0 saturated carbocycles. The van der Waals surface area contributed by atoms with E-state index in [1.54, 1.807) is 0 Å². The third kappa shape index (κ3) is 6.21. The SMILES string of the molecule is CCC.CN1CCN(CC2(O)CCN(C)CC2)CC1. The molecule has 0 radical (unpaired) electrons. The zero-order valence-electron chi connectivity index (χ0n) is 13.4. The molecule has 0 aromatic carbocycles. The molecule has 0 atom stereocenters. The monoisotopic (exact) mass is 271 g/mol. The number of aliphatic hydroxyl groups is 1. The maximum Gasteiger partial charge on any atom is 0.0798 e. The van der Waals surface area contributed by atoms with E-state index in [2.05, 4.69) is 42.6 Å². The predicted octanol–water partition coefficient (Wildman–Crippen LogP) is 1.11. The van der Waals surface area contributed by atoms with Crippen molar-refractivity contribution in [3.05, 3.63) is 0 Å². The Morgan fingerprint density at radius 3 is 1.74 bits per heavy atom. The van der Waals surface area contributed by atoms with Crippen LogP contribution in [0.3, 0.4) is 0 Å². The van der Waals surface area contributed by atoms with Gasteiger partial charge in [0.1, 0.15) is 0 Å². The third-order valence-corrected chi connectivity index (χ3v) is 4.03. The Hall–Kier alpha value is -0.160. The van der Waals surface area contributed by atoms with Crippen molar-refractivity contribution in [1.29, 1.82) is 0 Å². The van der Waals surface area contributed by atoms with Crippen molar-refractivity contribution in [3.63, 3.8) is 0 Å². The molecule has 4 heteroatoms. The molecule has 2 aliphatic heterocycles. The molecule has 19 heavy (non-hydrogen) atoms. The minimum absolute atomic E-state index is 0.428. The molecule has 0 aromatic rings. The van der Waals surface area contributed by atoms with Crippen molar-refractivity contribution in [3.8, 4) is 0 Å². The fraction of sp³-hybridized carbons (Fsp3) is 1.00. The number of piperidine rings is 1. The molecule has 2 heterocycles. The average Bonchev–Trinajstić information content (AvgIpc) is 2.37. The van der Waals surface area contributed by atoms with Gasteiger partial charge in [-0.25, -0.2) is 0 Å². The first-order chi connectivity index (χ1) is 8.99. The minimum Gasteiger partial charge on any atom is -0.388 e. The Morgan fingerprint density at radius 2 is 1.26 bits per heavy atom. The van der Waals surface area contributed by atoms with Gasteiger partial charge < -0.3 is 14.9 Å². The van der Waals surface area contributed by atoms with Gasteiger partial charge >= 0.3 is 0 Å². The largest absolute Gasteiger partial charge is 0.388 e. The Kier molecular flexibility index (Phi) is 7.29. The van der Waals surface area contributed by atoms with Crippen molar-refractivity contribution in [2.75, 3.05) is 59.9 Å². The van der Waals surface area contributed by atoms with E-state index in [0.29, 0.717) is 0 Å². The van der Waals surface area contributed by atoms with Crippen LogP contribution >= 0.6 is 0 Å². The summed E-state index contributed by atoms with van der Waals surface area (Å²) >= 11 is 0. The Bertz CT molecular complexity index is 232. The topological polar surface area (TPSA) is 30.0 Å². The van der Waals surface area contributed by atoms with Crippen LogP contribution in [0.25, 0.3) is 0 Å². The maximum absolute atomic E-state index is 10.5. The molecule has 114 valence electrons. The highest BCUT2D eigenvalue weighted by atomic mass is 16.3. The van der Waals surface area contributed by atoms with Crippen LogP contribution in [0, 0.1) is 0 Å². The molecule has 2 rings (SSSR count). The molecular formula is C15H33N3O. The van der Waals surface area contributed by atoms with Crippen LogP contribution in [-0.2, 0) is 0 Å². The van der Waals surface area contributed by atoms with Gasteiger partial charge in [0.2, 0.25) is 0 Å². The third-order valence-electron chi connectivity index (χ3n) is 4.03. The van der Waals surface area contributed by atoms with E-state index in [4.69, 9.17) is 0 Å². The fourth-order valence-electron chi connectivity index (χ4n) is 2.62. The van der Waals surface area contributed by atoms with Crippen LogP contribution in [-0.4, -0.2) is 85.3 Å². The maximum atomic E-state index is 10.5. The molecule has 0 unspecified atom stereocenters. The van der Waals surface area contributed by atoms with E-state index in [0.717, 1.165) is 58.7 Å². The van der Waals surface area contributed by atoms with E-state index in [9.17, 15) is 5.11 Å². The summed E-state index contributed by atoms with van der Waals surface area (Å²) in [6.45, 7) is 11.7. The van der Waals surface area contributed by atoms with Crippen LogP contribution < -0.4 is 0 Å². The smallest absolute Gasteiger partial charge is 0.0798 e. The molecule has 2 aliphatic rings. The first kappa shape index (κ1) is 16.9. The van der Waals surface area contributed by atoms with E-state index in [1.165, 1.54) is 6.42 Å². The number of rotatable bonds is 2. The summed E-state index contributed by atoms with van der Waals surface area (Å²) in [5.41, 5.74) is -0.428. The van der Waals surface area contributed by atoms with Gasteiger partial charge in [-0.1, -0.05) is 20.3 Å². The summed E-state index contributed by atoms with van der Waals surface area (Å²) < 4.78 is 0. The number of hydrogen-bond donors (Lipinski definition) is 1. The predicted molar refractivity (Wildman–Crippen MR) is 81.6 cm³/mol. The summed E-state index contributed by atoms with van der Waals surface area (Å²) in [5, 5.41) is 10.5. The molecule has 2 fully saturated rings. The van der Waals surface area contributed by atoms with Gasteiger partial charge in [-0.2, -0.15) is 0 Å². The van der Waals surface area contributed by atoms with Crippen molar-refractivity contribution < 1.29 is 5.11 Å². The van der Waals surface area contributed by atoms with E-state index >= 15 is 0 Å². The van der Waals surface area contributed by atoms with Crippen LogP contribution in [0.2, 0.25) is 0 Å². The lowest BCUT2D eigenvalue weighted by atomic mass is 9.91. The Morgan fingerprint density at radius 1 is 0.842 bits per heavy atom. The highest BCUT2D eigenvalue weighted by molar-refractivity contribution is 4.88. The molecule has 0 aliphatic carbocycles. The van der Waals surface area contributed by atoms with Gasteiger partial charge in [-0.3, -0.25) is 4.90 Å². The standard InChI is InChI=1S/C12H25N3O.C3H8/c1-13-5-3-12(16,4-6-13)11-15-9-7-14(2)8-10-15;1-3-2/h16H,3-11H2,1-2H3;3H2,1-2H3. The molecule has 0 aromatic heterocycles. The lowest BCUT2D eigenvalue weighted by Crippen LogP contribution is -2.54. The van der Waals surface area contributed by atoms with Crippen molar-refractivity contribution in [2.24, 2.45) is 0 Å². The zero-order valence-corrected chi connectivity index (χ0v) is 13.4. The number of piperazine rings is 1. The molecule has 0 amide bonds. The molecule has 1 N–H and O–H groups in total. The van der Waals surface area contributed by atoms with Crippen LogP contribution in [0.4, 0.5) is 0 Å². The first-order valence-electron chi connectivity index (χ1n) is 7.81. The second-order valence-electron chi connectivity index (χ2n) is 6.31. The summed E-state index contributed by atoms with van der Waals surface area (Å²) in [5.74, 6) is 0. The van der Waals surface area contributed by atoms with Crippen molar-refractivity contribution >= 4 is 0 Å². The van der Waals surface area contributed by atoms with Crippen LogP contribution in [0.5, 0.6) is 0 Å². The van der Waals surface area contributed by atoms with E-state index in [-0.39, 0.29) is 0 Å². The van der Waals surface area contributed by atoms with Crippen LogP contribution in [0.1, 0.15) is 33.1 Å². The lowest BCUT2D eigenvalue weighted by molar-refractivity contribution is -0.0475. The highest BCUT2D eigenvalue weighted by Crippen LogP contribution is 2.22. The summed E-state index contributed by atoms with van der Waals surface area (Å²) in [6, 6.07) is 0.